The zero-order valence-electron chi connectivity index (χ0n) is 12.1. The first kappa shape index (κ1) is 13.0. The molecule has 20 heavy (non-hydrogen) atoms. The van der Waals surface area contributed by atoms with Gasteiger partial charge in [-0.05, 0) is 44.4 Å². The molecule has 0 radical (unpaired) electrons. The summed E-state index contributed by atoms with van der Waals surface area (Å²) in [6, 6.07) is 8.77. The highest BCUT2D eigenvalue weighted by atomic mass is 16.5. The fourth-order valence-corrected chi connectivity index (χ4v) is 2.31. The minimum atomic E-state index is 0.639. The van der Waals surface area contributed by atoms with Gasteiger partial charge in [0.15, 0.2) is 0 Å². The van der Waals surface area contributed by atoms with Crippen molar-refractivity contribution in [3.63, 3.8) is 0 Å². The molecule has 0 unspecified atom stereocenters. The van der Waals surface area contributed by atoms with Crippen LogP contribution in [0.15, 0.2) is 30.5 Å². The Morgan fingerprint density at radius 2 is 2.20 bits per heavy atom. The first-order chi connectivity index (χ1) is 9.72. The Bertz CT molecular complexity index is 587. The van der Waals surface area contributed by atoms with Gasteiger partial charge in [0.2, 0.25) is 5.95 Å². The summed E-state index contributed by atoms with van der Waals surface area (Å²) in [4.78, 5) is 4.53. The minimum absolute atomic E-state index is 0.639. The van der Waals surface area contributed by atoms with Crippen LogP contribution < -0.4 is 10.1 Å². The quantitative estimate of drug-likeness (QED) is 0.819. The third kappa shape index (κ3) is 3.13. The van der Waals surface area contributed by atoms with Crippen molar-refractivity contribution >= 4 is 5.95 Å². The molecule has 1 heterocycles. The molecule has 106 valence electrons. The van der Waals surface area contributed by atoms with Crippen LogP contribution in [0.5, 0.6) is 5.75 Å². The molecule has 2 aromatic rings. The summed E-state index contributed by atoms with van der Waals surface area (Å²) in [6.07, 6.45) is 4.66. The number of imidazole rings is 1. The lowest BCUT2D eigenvalue weighted by molar-refractivity contribution is 0.332. The summed E-state index contributed by atoms with van der Waals surface area (Å²) in [5.41, 5.74) is 2.29. The zero-order valence-corrected chi connectivity index (χ0v) is 12.1. The fourth-order valence-electron chi connectivity index (χ4n) is 2.31. The normalized spacial score (nSPS) is 14.3. The van der Waals surface area contributed by atoms with Crippen LogP contribution in [0.1, 0.15) is 30.1 Å². The van der Waals surface area contributed by atoms with Gasteiger partial charge in [0.05, 0.1) is 12.2 Å². The van der Waals surface area contributed by atoms with E-state index in [0.717, 1.165) is 23.9 Å². The molecule has 1 N–H and O–H groups in total. The van der Waals surface area contributed by atoms with Crippen molar-refractivity contribution in [1.82, 2.24) is 9.55 Å². The molecular formula is C16H21N3O. The smallest absolute Gasteiger partial charge is 0.203 e. The monoisotopic (exact) mass is 271 g/mol. The maximum Gasteiger partial charge on any atom is 0.203 e. The summed E-state index contributed by atoms with van der Waals surface area (Å²) in [6.45, 7) is 5.50. The number of nitrogens with zero attached hydrogens (tertiary/aromatic N) is 2. The maximum absolute atomic E-state index is 5.73. The highest BCUT2D eigenvalue weighted by molar-refractivity contribution is 5.31. The molecule has 1 fully saturated rings. The Labute approximate surface area is 119 Å². The second-order valence-electron chi connectivity index (χ2n) is 5.44. The van der Waals surface area contributed by atoms with E-state index in [1.54, 1.807) is 0 Å². The van der Waals surface area contributed by atoms with Gasteiger partial charge in [-0.25, -0.2) is 4.98 Å². The van der Waals surface area contributed by atoms with Gasteiger partial charge in [-0.2, -0.15) is 0 Å². The Morgan fingerprint density at radius 3 is 2.95 bits per heavy atom. The number of benzene rings is 1. The van der Waals surface area contributed by atoms with Crippen molar-refractivity contribution in [3.05, 3.63) is 41.7 Å². The highest BCUT2D eigenvalue weighted by Gasteiger charge is 2.26. The van der Waals surface area contributed by atoms with Gasteiger partial charge in [-0.15, -0.1) is 0 Å². The summed E-state index contributed by atoms with van der Waals surface area (Å²) >= 11 is 0. The van der Waals surface area contributed by atoms with Gasteiger partial charge in [-0.3, -0.25) is 0 Å². The number of hydrogen-bond donors (Lipinski definition) is 1. The molecule has 4 nitrogen and oxygen atoms in total. The predicted molar refractivity (Wildman–Crippen MR) is 80.4 cm³/mol. The van der Waals surface area contributed by atoms with E-state index in [4.69, 9.17) is 4.74 Å². The number of rotatable bonds is 6. The number of nitrogens with one attached hydrogen (secondary N) is 1. The van der Waals surface area contributed by atoms with Gasteiger partial charge in [0.25, 0.3) is 0 Å². The van der Waals surface area contributed by atoms with Crippen molar-refractivity contribution in [2.45, 2.75) is 32.7 Å². The Hall–Kier alpha value is -1.97. The van der Waals surface area contributed by atoms with Gasteiger partial charge in [0, 0.05) is 12.2 Å². The average Bonchev–Trinajstić information content (AvgIpc) is 3.19. The van der Waals surface area contributed by atoms with E-state index >= 15 is 0 Å². The fraction of sp³-hybridized carbons (Fsp3) is 0.438. The largest absolute Gasteiger partial charge is 0.492 e. The Kier molecular flexibility index (Phi) is 3.63. The second-order valence-corrected chi connectivity index (χ2v) is 5.44. The van der Waals surface area contributed by atoms with E-state index in [2.05, 4.69) is 40.1 Å². The van der Waals surface area contributed by atoms with Crippen molar-refractivity contribution in [3.8, 4) is 5.75 Å². The molecule has 1 aliphatic rings. The molecule has 1 saturated carbocycles. The van der Waals surface area contributed by atoms with Crippen LogP contribution in [0.2, 0.25) is 0 Å². The Balaban J connectivity index is 1.50. The molecule has 0 amide bonds. The molecule has 0 saturated heterocycles. The number of anilines is 1. The number of aryl methyl sites for hydroxylation is 2. The molecule has 1 aliphatic carbocycles. The Morgan fingerprint density at radius 1 is 1.35 bits per heavy atom. The summed E-state index contributed by atoms with van der Waals surface area (Å²) in [5.74, 6) is 1.89. The van der Waals surface area contributed by atoms with Crippen molar-refractivity contribution < 1.29 is 4.74 Å². The van der Waals surface area contributed by atoms with E-state index in [0.29, 0.717) is 12.6 Å². The first-order valence-corrected chi connectivity index (χ1v) is 7.21. The maximum atomic E-state index is 5.73. The summed E-state index contributed by atoms with van der Waals surface area (Å²) < 4.78 is 7.98. The van der Waals surface area contributed by atoms with Crippen LogP contribution in [0.25, 0.3) is 0 Å². The third-order valence-corrected chi connectivity index (χ3v) is 3.44. The molecule has 0 spiro atoms. The standard InChI is InChI=1S/C16H21N3O/c1-12-4-3-5-15(10-12)20-9-8-17-16-18-13(2)11-19(16)14-6-7-14/h3-5,10-11,14H,6-9H2,1-2H3,(H,17,18). The third-order valence-electron chi connectivity index (χ3n) is 3.44. The van der Waals surface area contributed by atoms with Crippen LogP contribution in [0, 0.1) is 13.8 Å². The highest BCUT2D eigenvalue weighted by Crippen LogP contribution is 2.37. The molecule has 1 aromatic carbocycles. The zero-order chi connectivity index (χ0) is 13.9. The summed E-state index contributed by atoms with van der Waals surface area (Å²) in [5, 5.41) is 3.37. The molecule has 4 heteroatoms. The molecule has 0 atom stereocenters. The van der Waals surface area contributed by atoms with Crippen LogP contribution in [0.4, 0.5) is 5.95 Å². The second kappa shape index (κ2) is 5.57. The SMILES string of the molecule is Cc1cccc(OCCNc2nc(C)cn2C2CC2)c1. The lowest BCUT2D eigenvalue weighted by atomic mass is 10.2. The lowest BCUT2D eigenvalue weighted by Crippen LogP contribution is -2.14. The van der Waals surface area contributed by atoms with Gasteiger partial charge in [-0.1, -0.05) is 12.1 Å². The summed E-state index contributed by atoms with van der Waals surface area (Å²) in [7, 11) is 0. The van der Waals surface area contributed by atoms with E-state index < -0.39 is 0 Å². The predicted octanol–water partition coefficient (Wildman–Crippen LogP) is 3.33. The molecule has 3 rings (SSSR count). The van der Waals surface area contributed by atoms with E-state index in [-0.39, 0.29) is 0 Å². The van der Waals surface area contributed by atoms with Gasteiger partial charge < -0.3 is 14.6 Å². The van der Waals surface area contributed by atoms with Gasteiger partial charge >= 0.3 is 0 Å². The van der Waals surface area contributed by atoms with Crippen molar-refractivity contribution in [2.75, 3.05) is 18.5 Å². The van der Waals surface area contributed by atoms with Gasteiger partial charge in [0.1, 0.15) is 12.4 Å². The van der Waals surface area contributed by atoms with E-state index in [1.165, 1.54) is 18.4 Å². The number of aromatic nitrogens is 2. The molecule has 1 aromatic heterocycles. The number of ether oxygens (including phenoxy) is 1. The van der Waals surface area contributed by atoms with E-state index in [1.807, 2.05) is 19.1 Å². The van der Waals surface area contributed by atoms with Crippen LogP contribution in [-0.2, 0) is 0 Å². The van der Waals surface area contributed by atoms with Crippen molar-refractivity contribution in [1.29, 1.82) is 0 Å². The topological polar surface area (TPSA) is 39.1 Å². The first-order valence-electron chi connectivity index (χ1n) is 7.21. The molecule has 0 aliphatic heterocycles. The van der Waals surface area contributed by atoms with Crippen LogP contribution in [0.3, 0.4) is 0 Å². The van der Waals surface area contributed by atoms with E-state index in [9.17, 15) is 0 Å². The lowest BCUT2D eigenvalue weighted by Gasteiger charge is -2.10. The van der Waals surface area contributed by atoms with Crippen molar-refractivity contribution in [2.24, 2.45) is 0 Å². The molecular weight excluding hydrogens is 250 g/mol. The van der Waals surface area contributed by atoms with Crippen LogP contribution >= 0.6 is 0 Å². The molecule has 0 bridgehead atoms. The average molecular weight is 271 g/mol. The van der Waals surface area contributed by atoms with Crippen LogP contribution in [-0.4, -0.2) is 22.7 Å². The number of hydrogen-bond acceptors (Lipinski definition) is 3. The minimum Gasteiger partial charge on any atom is -0.492 e.